The summed E-state index contributed by atoms with van der Waals surface area (Å²) < 4.78 is 0. The maximum atomic E-state index is 10.1. The first-order valence-corrected chi connectivity index (χ1v) is 10.3. The molecule has 0 aromatic heterocycles. The zero-order valence-corrected chi connectivity index (χ0v) is 23.9. The van der Waals surface area contributed by atoms with E-state index >= 15 is 0 Å². The molecule has 192 valence electrons. The van der Waals surface area contributed by atoms with Gasteiger partial charge in [-0.05, 0) is 55.4 Å². The average Bonchev–Trinajstić information content (AvgIpc) is 2.63. The first kappa shape index (κ1) is 43.2. The highest BCUT2D eigenvalue weighted by Gasteiger charge is 1.88. The smallest absolute Gasteiger partial charge is 0.218 e. The molecule has 9 heteroatoms. The van der Waals surface area contributed by atoms with Crippen LogP contribution in [0.4, 0.5) is 0 Å². The lowest BCUT2D eigenvalue weighted by Gasteiger charge is -2.02. The molecule has 9 nitrogen and oxygen atoms in total. The van der Waals surface area contributed by atoms with Crippen LogP contribution in [0.1, 0.15) is 34.6 Å². The van der Waals surface area contributed by atoms with Gasteiger partial charge in [0.15, 0.2) is 0 Å². The van der Waals surface area contributed by atoms with Crippen LogP contribution >= 0.6 is 0 Å². The summed E-state index contributed by atoms with van der Waals surface area (Å²) >= 11 is 0. The molecule has 0 aliphatic heterocycles. The molecular weight excluding hydrogens is 396 g/mol. The normalized spacial score (nSPS) is 8.23. The van der Waals surface area contributed by atoms with Gasteiger partial charge in [-0.1, -0.05) is 13.8 Å². The van der Waals surface area contributed by atoms with Gasteiger partial charge in [-0.2, -0.15) is 0 Å². The third-order valence-corrected chi connectivity index (χ3v) is 3.15. The molecule has 0 aliphatic carbocycles. The Labute approximate surface area is 194 Å². The fourth-order valence-corrected chi connectivity index (χ4v) is 0. The van der Waals surface area contributed by atoms with Crippen molar-refractivity contribution in [3.05, 3.63) is 0 Å². The van der Waals surface area contributed by atoms with E-state index < -0.39 is 0 Å². The molecule has 3 amide bonds. The number of carbonyl (C=O) groups is 3. The second-order valence-corrected chi connectivity index (χ2v) is 7.53. The molecule has 0 radical (unpaired) electrons. The van der Waals surface area contributed by atoms with E-state index in [1.165, 1.54) is 35.5 Å². The molecule has 0 aromatic rings. The Morgan fingerprint density at radius 3 is 0.581 bits per heavy atom. The van der Waals surface area contributed by atoms with Gasteiger partial charge < -0.3 is 29.8 Å². The lowest BCUT2D eigenvalue weighted by atomic mass is 10.7. The number of amides is 3. The van der Waals surface area contributed by atoms with Crippen LogP contribution in [0.5, 0.6) is 0 Å². The summed E-state index contributed by atoms with van der Waals surface area (Å²) in [5.41, 5.74) is 0. The minimum atomic E-state index is 0.0926. The average molecular weight is 453 g/mol. The lowest BCUT2D eigenvalue weighted by molar-refractivity contribution is -0.127. The molecule has 0 rings (SSSR count). The van der Waals surface area contributed by atoms with Crippen LogP contribution in [0.25, 0.3) is 0 Å². The maximum absolute atomic E-state index is 10.1. The van der Waals surface area contributed by atoms with Gasteiger partial charge in [0.2, 0.25) is 17.7 Å². The van der Waals surface area contributed by atoms with Crippen LogP contribution in [-0.4, -0.2) is 140 Å². The first-order valence-electron chi connectivity index (χ1n) is 10.3. The zero-order valence-electron chi connectivity index (χ0n) is 23.9. The van der Waals surface area contributed by atoms with Gasteiger partial charge in [-0.15, -0.1) is 0 Å². The molecule has 0 spiro atoms. The molecule has 0 saturated carbocycles. The highest BCUT2D eigenvalue weighted by atomic mass is 16.2. The number of rotatable bonds is 2. The Morgan fingerprint density at radius 1 is 0.516 bits per heavy atom. The van der Waals surface area contributed by atoms with Crippen molar-refractivity contribution >= 4 is 17.7 Å². The summed E-state index contributed by atoms with van der Waals surface area (Å²) in [5, 5.41) is 2.75. The highest BCUT2D eigenvalue weighted by molar-refractivity contribution is 5.72. The third-order valence-electron chi connectivity index (χ3n) is 3.15. The van der Waals surface area contributed by atoms with Crippen LogP contribution in [0.2, 0.25) is 0 Å². The van der Waals surface area contributed by atoms with E-state index in [0.29, 0.717) is 0 Å². The minimum Gasteiger partial charge on any atom is -0.349 e. The predicted octanol–water partition coefficient (Wildman–Crippen LogP) is 1.25. The Balaban J connectivity index is -0.0000000612. The molecule has 0 saturated heterocycles. The van der Waals surface area contributed by atoms with Crippen molar-refractivity contribution in [3.63, 3.8) is 0 Å². The molecule has 0 aromatic carbocycles. The van der Waals surface area contributed by atoms with Crippen LogP contribution in [0.15, 0.2) is 0 Å². The van der Waals surface area contributed by atoms with Crippen molar-refractivity contribution in [2.45, 2.75) is 34.6 Å². The molecule has 1 N–H and O–H groups in total. The van der Waals surface area contributed by atoms with Gasteiger partial charge in [-0.25, -0.2) is 0 Å². The SMILES string of the molecule is CC(=O)N(C)C.CC(=O)N(C)C.CC(=O)N(C)C.CCN(C)C.CCN(C)C.CNC. The Kier molecular flexibility index (Phi) is 45.9. The standard InChI is InChI=1S/3C4H9NO.2C4H11N.C2H7N/c3*1-4(6)5(2)3;2*1-4-5(2)3;1-3-2/h3*1-3H3;2*4H2,1-3H3;3H,1-2H3. The molecule has 0 fully saturated rings. The minimum absolute atomic E-state index is 0.0926. The van der Waals surface area contributed by atoms with E-state index in [4.69, 9.17) is 0 Å². The van der Waals surface area contributed by atoms with Crippen molar-refractivity contribution in [2.75, 3.05) is 97.7 Å². The predicted molar refractivity (Wildman–Crippen MR) is 137 cm³/mol. The van der Waals surface area contributed by atoms with E-state index in [0.717, 1.165) is 13.1 Å². The molecular formula is C22H56N6O3. The maximum Gasteiger partial charge on any atom is 0.218 e. The summed E-state index contributed by atoms with van der Waals surface area (Å²) in [5.74, 6) is 0.278. The summed E-state index contributed by atoms with van der Waals surface area (Å²) in [4.78, 5) is 39.0. The number of nitrogens with zero attached hydrogens (tertiary/aromatic N) is 5. The molecule has 0 bridgehead atoms. The van der Waals surface area contributed by atoms with Gasteiger partial charge in [0.25, 0.3) is 0 Å². The lowest BCUT2D eigenvalue weighted by Crippen LogP contribution is -2.17. The van der Waals surface area contributed by atoms with E-state index in [2.05, 4.69) is 57.2 Å². The van der Waals surface area contributed by atoms with Gasteiger partial charge in [-0.3, -0.25) is 14.4 Å². The number of hydrogen-bond acceptors (Lipinski definition) is 6. The quantitative estimate of drug-likeness (QED) is 0.679. The van der Waals surface area contributed by atoms with Crippen molar-refractivity contribution in [3.8, 4) is 0 Å². The van der Waals surface area contributed by atoms with E-state index in [-0.39, 0.29) is 17.7 Å². The second-order valence-electron chi connectivity index (χ2n) is 7.53. The highest BCUT2D eigenvalue weighted by Crippen LogP contribution is 1.71. The van der Waals surface area contributed by atoms with Gasteiger partial charge >= 0.3 is 0 Å². The van der Waals surface area contributed by atoms with Crippen molar-refractivity contribution in [1.29, 1.82) is 0 Å². The van der Waals surface area contributed by atoms with Crippen LogP contribution in [-0.2, 0) is 14.4 Å². The Bertz CT molecular complexity index is 335. The van der Waals surface area contributed by atoms with E-state index in [1.54, 1.807) is 42.3 Å². The van der Waals surface area contributed by atoms with Crippen molar-refractivity contribution < 1.29 is 14.4 Å². The number of nitrogens with one attached hydrogen (secondary N) is 1. The zero-order chi connectivity index (χ0) is 26.7. The fraction of sp³-hybridized carbons (Fsp3) is 0.864. The summed E-state index contributed by atoms with van der Waals surface area (Å²) in [6.45, 7) is 11.1. The molecule has 31 heavy (non-hydrogen) atoms. The second kappa shape index (κ2) is 32.9. The van der Waals surface area contributed by atoms with Gasteiger partial charge in [0.1, 0.15) is 0 Å². The molecule has 0 unspecified atom stereocenters. The summed E-state index contributed by atoms with van der Waals surface area (Å²) in [7, 11) is 22.3. The Morgan fingerprint density at radius 2 is 0.581 bits per heavy atom. The van der Waals surface area contributed by atoms with Crippen molar-refractivity contribution in [2.24, 2.45) is 0 Å². The molecule has 0 atom stereocenters. The molecule has 0 heterocycles. The van der Waals surface area contributed by atoms with E-state index in [1.807, 2.05) is 14.1 Å². The van der Waals surface area contributed by atoms with Crippen LogP contribution < -0.4 is 5.32 Å². The Hall–Kier alpha value is -1.71. The van der Waals surface area contributed by atoms with Crippen LogP contribution in [0, 0.1) is 0 Å². The monoisotopic (exact) mass is 452 g/mol. The number of hydrogen-bond donors (Lipinski definition) is 1. The fourth-order valence-electron chi connectivity index (χ4n) is 0. The van der Waals surface area contributed by atoms with Gasteiger partial charge in [0.05, 0.1) is 0 Å². The van der Waals surface area contributed by atoms with E-state index in [9.17, 15) is 14.4 Å². The number of carbonyl (C=O) groups excluding carboxylic acids is 3. The topological polar surface area (TPSA) is 79.4 Å². The van der Waals surface area contributed by atoms with Crippen LogP contribution in [0.3, 0.4) is 0 Å². The first-order chi connectivity index (χ1) is 13.9. The summed E-state index contributed by atoms with van der Waals surface area (Å²) in [6.07, 6.45) is 0. The summed E-state index contributed by atoms with van der Waals surface area (Å²) in [6, 6.07) is 0. The third kappa shape index (κ3) is 95.8. The molecule has 0 aliphatic rings. The largest absolute Gasteiger partial charge is 0.349 e. The van der Waals surface area contributed by atoms with Crippen molar-refractivity contribution in [1.82, 2.24) is 29.8 Å². The van der Waals surface area contributed by atoms with Gasteiger partial charge in [0, 0.05) is 63.1 Å².